The number of likely N-dealkylation sites (tertiary alicyclic amines) is 1. The molecule has 2 heterocycles. The smallest absolute Gasteiger partial charge is 0.132 e. The van der Waals surface area contributed by atoms with Gasteiger partial charge in [0.1, 0.15) is 5.78 Å². The molecule has 23 heavy (non-hydrogen) atoms. The Morgan fingerprint density at radius 2 is 1.35 bits per heavy atom. The number of carbonyl (C=O) groups excluding carboxylic acids is 1. The number of piperidine rings is 2. The fraction of sp³-hybridized carbons (Fsp3) is 0.944. The van der Waals surface area contributed by atoms with Gasteiger partial charge in [0.25, 0.3) is 0 Å². The average molecular weight is 326 g/mol. The summed E-state index contributed by atoms with van der Waals surface area (Å²) in [5, 5.41) is 21.3. The zero-order valence-electron chi connectivity index (χ0n) is 14.4. The summed E-state index contributed by atoms with van der Waals surface area (Å²) in [4.78, 5) is 12.5. The van der Waals surface area contributed by atoms with Crippen LogP contribution in [0.2, 0.25) is 0 Å². The van der Waals surface area contributed by atoms with Crippen LogP contribution < -0.4 is 5.32 Å². The largest absolute Gasteiger partial charge is 0.393 e. The van der Waals surface area contributed by atoms with E-state index >= 15 is 0 Å². The van der Waals surface area contributed by atoms with E-state index in [4.69, 9.17) is 5.11 Å². The number of rotatable bonds is 1. The SMILES string of the molecule is O=C1CCC1.OC1CCN(C2CCC2)CC1.OC1CCNCC1. The first-order valence-electron chi connectivity index (χ1n) is 9.47. The summed E-state index contributed by atoms with van der Waals surface area (Å²) in [5.41, 5.74) is 0. The predicted molar refractivity (Wildman–Crippen MR) is 91.4 cm³/mol. The molecule has 0 spiro atoms. The summed E-state index contributed by atoms with van der Waals surface area (Å²) in [5.74, 6) is 0.435. The number of hydrogen-bond donors (Lipinski definition) is 3. The number of nitrogens with zero attached hydrogens (tertiary/aromatic N) is 1. The molecule has 2 saturated carbocycles. The van der Waals surface area contributed by atoms with Crippen molar-refractivity contribution < 1.29 is 15.0 Å². The van der Waals surface area contributed by atoms with E-state index in [-0.39, 0.29) is 12.2 Å². The van der Waals surface area contributed by atoms with E-state index < -0.39 is 0 Å². The van der Waals surface area contributed by atoms with E-state index in [1.165, 1.54) is 19.3 Å². The Kier molecular flexibility index (Phi) is 8.51. The van der Waals surface area contributed by atoms with Gasteiger partial charge in [-0.3, -0.25) is 4.79 Å². The van der Waals surface area contributed by atoms with E-state index in [9.17, 15) is 9.90 Å². The van der Waals surface area contributed by atoms with Crippen LogP contribution in [0.3, 0.4) is 0 Å². The number of ketones is 1. The molecule has 5 heteroatoms. The van der Waals surface area contributed by atoms with Crippen LogP contribution in [0.15, 0.2) is 0 Å². The van der Waals surface area contributed by atoms with E-state index in [2.05, 4.69) is 10.2 Å². The molecule has 2 saturated heterocycles. The highest BCUT2D eigenvalue weighted by Gasteiger charge is 2.27. The minimum absolute atomic E-state index is 0.00803. The van der Waals surface area contributed by atoms with Gasteiger partial charge in [-0.1, -0.05) is 6.42 Å². The molecule has 0 amide bonds. The molecule has 0 aromatic carbocycles. The zero-order chi connectivity index (χ0) is 16.5. The van der Waals surface area contributed by atoms with Gasteiger partial charge < -0.3 is 20.4 Å². The third kappa shape index (κ3) is 7.29. The lowest BCUT2D eigenvalue weighted by atomic mass is 9.90. The van der Waals surface area contributed by atoms with E-state index in [1.54, 1.807) is 0 Å². The second-order valence-corrected chi connectivity index (χ2v) is 7.23. The minimum Gasteiger partial charge on any atom is -0.393 e. The molecule has 0 aromatic heterocycles. The quantitative estimate of drug-likeness (QED) is 0.680. The van der Waals surface area contributed by atoms with Crippen molar-refractivity contribution in [1.29, 1.82) is 0 Å². The van der Waals surface area contributed by atoms with Crippen molar-refractivity contribution in [2.24, 2.45) is 0 Å². The molecular formula is C18H34N2O3. The van der Waals surface area contributed by atoms with Crippen LogP contribution in [0.1, 0.15) is 64.2 Å². The molecular weight excluding hydrogens is 292 g/mol. The van der Waals surface area contributed by atoms with Crippen LogP contribution >= 0.6 is 0 Å². The Hall–Kier alpha value is -0.490. The Morgan fingerprint density at radius 1 is 0.826 bits per heavy atom. The molecule has 4 fully saturated rings. The third-order valence-electron chi connectivity index (χ3n) is 5.31. The first kappa shape index (κ1) is 18.8. The standard InChI is InChI=1S/C9H17NO.C5H11NO.C4H6O/c11-9-4-6-10(7-5-9)8-2-1-3-8;7-5-1-3-6-4-2-5;5-4-2-1-3-4/h8-9,11H,1-7H2;5-7H,1-4H2;1-3H2. The van der Waals surface area contributed by atoms with Crippen molar-refractivity contribution in [1.82, 2.24) is 10.2 Å². The van der Waals surface area contributed by atoms with Gasteiger partial charge in [0.15, 0.2) is 0 Å². The predicted octanol–water partition coefficient (Wildman–Crippen LogP) is 1.47. The van der Waals surface area contributed by atoms with Crippen molar-refractivity contribution in [3.63, 3.8) is 0 Å². The summed E-state index contributed by atoms with van der Waals surface area (Å²) in [7, 11) is 0. The van der Waals surface area contributed by atoms with Gasteiger partial charge in [-0.25, -0.2) is 0 Å². The molecule has 0 unspecified atom stereocenters. The van der Waals surface area contributed by atoms with Crippen molar-refractivity contribution in [3.8, 4) is 0 Å². The fourth-order valence-electron chi connectivity index (χ4n) is 3.13. The number of aliphatic hydroxyl groups excluding tert-OH is 2. The highest BCUT2D eigenvalue weighted by atomic mass is 16.3. The summed E-state index contributed by atoms with van der Waals surface area (Å²) in [6.45, 7) is 4.24. The van der Waals surface area contributed by atoms with Crippen LogP contribution in [-0.2, 0) is 4.79 Å². The second-order valence-electron chi connectivity index (χ2n) is 7.23. The number of carbonyl (C=O) groups is 1. The summed E-state index contributed by atoms with van der Waals surface area (Å²) in [6.07, 6.45) is 10.9. The maximum absolute atomic E-state index is 9.90. The molecule has 134 valence electrons. The monoisotopic (exact) mass is 326 g/mol. The zero-order valence-corrected chi connectivity index (χ0v) is 14.4. The van der Waals surface area contributed by atoms with Crippen LogP contribution in [0.4, 0.5) is 0 Å². The Balaban J connectivity index is 0.000000137. The van der Waals surface area contributed by atoms with Crippen LogP contribution in [-0.4, -0.2) is 65.3 Å². The molecule has 5 nitrogen and oxygen atoms in total. The average Bonchev–Trinajstić information content (AvgIpc) is 2.48. The first-order valence-corrected chi connectivity index (χ1v) is 9.47. The minimum atomic E-state index is -0.0266. The van der Waals surface area contributed by atoms with Gasteiger partial charge in [0.2, 0.25) is 0 Å². The summed E-state index contributed by atoms with van der Waals surface area (Å²) in [6, 6.07) is 0.877. The lowest BCUT2D eigenvalue weighted by molar-refractivity contribution is -0.123. The molecule has 4 aliphatic rings. The lowest BCUT2D eigenvalue weighted by Gasteiger charge is -2.40. The Morgan fingerprint density at radius 3 is 1.65 bits per heavy atom. The van der Waals surface area contributed by atoms with Crippen LogP contribution in [0.25, 0.3) is 0 Å². The Labute approximate surface area is 140 Å². The van der Waals surface area contributed by atoms with E-state index in [0.717, 1.165) is 77.2 Å². The maximum Gasteiger partial charge on any atom is 0.132 e. The first-order chi connectivity index (χ1) is 11.1. The summed E-state index contributed by atoms with van der Waals surface area (Å²) < 4.78 is 0. The normalized spacial score (nSPS) is 27.0. The number of hydrogen-bond acceptors (Lipinski definition) is 5. The molecule has 2 aliphatic heterocycles. The van der Waals surface area contributed by atoms with Crippen molar-refractivity contribution in [2.75, 3.05) is 26.2 Å². The van der Waals surface area contributed by atoms with Crippen LogP contribution in [0, 0.1) is 0 Å². The van der Waals surface area contributed by atoms with Crippen molar-refractivity contribution >= 4 is 5.78 Å². The molecule has 0 bridgehead atoms. The molecule has 2 aliphatic carbocycles. The van der Waals surface area contributed by atoms with Gasteiger partial charge in [0, 0.05) is 32.0 Å². The highest BCUT2D eigenvalue weighted by Crippen LogP contribution is 2.27. The van der Waals surface area contributed by atoms with Gasteiger partial charge in [-0.15, -0.1) is 0 Å². The van der Waals surface area contributed by atoms with Gasteiger partial charge in [-0.05, 0) is 58.0 Å². The number of aliphatic hydroxyl groups is 2. The third-order valence-corrected chi connectivity index (χ3v) is 5.31. The molecule has 0 radical (unpaired) electrons. The molecule has 3 N–H and O–H groups in total. The molecule has 4 rings (SSSR count). The van der Waals surface area contributed by atoms with Crippen molar-refractivity contribution in [2.45, 2.75) is 82.5 Å². The van der Waals surface area contributed by atoms with Crippen LogP contribution in [0.5, 0.6) is 0 Å². The number of Topliss-reactive ketones (excluding diaryl/α,β-unsaturated/α-hetero) is 1. The van der Waals surface area contributed by atoms with Crippen molar-refractivity contribution in [3.05, 3.63) is 0 Å². The maximum atomic E-state index is 9.90. The molecule has 0 atom stereocenters. The second kappa shape index (κ2) is 10.4. The lowest BCUT2D eigenvalue weighted by Crippen LogP contribution is -2.45. The topological polar surface area (TPSA) is 72.8 Å². The molecule has 0 aromatic rings. The number of nitrogens with one attached hydrogen (secondary N) is 1. The van der Waals surface area contributed by atoms with Gasteiger partial charge >= 0.3 is 0 Å². The highest BCUT2D eigenvalue weighted by molar-refractivity contribution is 5.83. The Bertz CT molecular complexity index is 327. The fourth-order valence-corrected chi connectivity index (χ4v) is 3.13. The van der Waals surface area contributed by atoms with E-state index in [1.807, 2.05) is 0 Å². The van der Waals surface area contributed by atoms with E-state index in [0.29, 0.717) is 5.78 Å². The van der Waals surface area contributed by atoms with Gasteiger partial charge in [-0.2, -0.15) is 0 Å². The van der Waals surface area contributed by atoms with Gasteiger partial charge in [0.05, 0.1) is 12.2 Å². The summed E-state index contributed by atoms with van der Waals surface area (Å²) >= 11 is 0.